The number of hydrogen-bond acceptors (Lipinski definition) is 1. The highest BCUT2D eigenvalue weighted by Gasteiger charge is 2.40. The molecule has 3 nitrogen and oxygen atoms in total. The monoisotopic (exact) mass is 254 g/mol. The van der Waals surface area contributed by atoms with E-state index in [0.29, 0.717) is 5.69 Å². The average Bonchev–Trinajstić information content (AvgIpc) is 2.52. The van der Waals surface area contributed by atoms with Crippen LogP contribution in [0.5, 0.6) is 0 Å². The molecule has 4 heteroatoms. The summed E-state index contributed by atoms with van der Waals surface area (Å²) in [6, 6.07) is 1.76. The van der Waals surface area contributed by atoms with Gasteiger partial charge in [-0.05, 0) is 22.0 Å². The number of aliphatic hydroxyl groups excluding tert-OH is 1. The van der Waals surface area contributed by atoms with E-state index in [4.69, 9.17) is 6.57 Å². The van der Waals surface area contributed by atoms with Crippen LogP contribution in [-0.4, -0.2) is 9.67 Å². The van der Waals surface area contributed by atoms with E-state index in [0.717, 1.165) is 16.8 Å². The fraction of sp³-hybridized carbons (Fsp3) is 0.500. The molecule has 1 atom stereocenters. The summed E-state index contributed by atoms with van der Waals surface area (Å²) in [5.41, 5.74) is 1.12. The van der Waals surface area contributed by atoms with E-state index in [1.165, 1.54) is 0 Å². The highest BCUT2D eigenvalue weighted by atomic mass is 79.9. The van der Waals surface area contributed by atoms with Gasteiger partial charge in [0.15, 0.2) is 0 Å². The molecular weight excluding hydrogens is 244 g/mol. The Hall–Kier alpha value is -0.790. The lowest BCUT2D eigenvalue weighted by Crippen LogP contribution is -2.17. The number of rotatable bonds is 0. The maximum atomic E-state index is 10.0. The van der Waals surface area contributed by atoms with Crippen LogP contribution in [0.15, 0.2) is 10.7 Å². The molecule has 0 aromatic carbocycles. The second-order valence-electron chi connectivity index (χ2n) is 4.33. The van der Waals surface area contributed by atoms with Crippen LogP contribution < -0.4 is 0 Å². The third-order valence-corrected chi connectivity index (χ3v) is 3.41. The number of aromatic nitrogens is 1. The normalized spacial score (nSPS) is 23.2. The van der Waals surface area contributed by atoms with Gasteiger partial charge in [-0.15, -0.1) is 0 Å². The lowest BCUT2D eigenvalue weighted by molar-refractivity contribution is 0.0654. The van der Waals surface area contributed by atoms with Gasteiger partial charge in [0.1, 0.15) is 0 Å². The predicted octanol–water partition coefficient (Wildman–Crippen LogP) is 2.87. The summed E-state index contributed by atoms with van der Waals surface area (Å²) in [4.78, 5) is 3.42. The van der Waals surface area contributed by atoms with Crippen LogP contribution in [0.2, 0.25) is 0 Å². The molecule has 1 aromatic rings. The summed E-state index contributed by atoms with van der Waals surface area (Å²) >= 11 is 3.40. The van der Waals surface area contributed by atoms with Crippen LogP contribution in [0.3, 0.4) is 0 Å². The van der Waals surface area contributed by atoms with Crippen LogP contribution in [-0.2, 0) is 6.54 Å². The van der Waals surface area contributed by atoms with Crippen molar-refractivity contribution in [2.75, 3.05) is 0 Å². The molecule has 0 radical (unpaired) electrons. The van der Waals surface area contributed by atoms with E-state index in [2.05, 4.69) is 20.8 Å². The zero-order valence-electron chi connectivity index (χ0n) is 8.08. The minimum atomic E-state index is -0.544. The Morgan fingerprint density at radius 2 is 2.36 bits per heavy atom. The van der Waals surface area contributed by atoms with Crippen molar-refractivity contribution in [2.45, 2.75) is 26.5 Å². The Balaban J connectivity index is 2.62. The first kappa shape index (κ1) is 9.75. The van der Waals surface area contributed by atoms with Crippen molar-refractivity contribution in [3.63, 3.8) is 0 Å². The van der Waals surface area contributed by atoms with Gasteiger partial charge in [-0.25, -0.2) is 4.85 Å². The molecular formula is C10H11BrN2O. The van der Waals surface area contributed by atoms with E-state index in [-0.39, 0.29) is 5.41 Å². The van der Waals surface area contributed by atoms with Crippen LogP contribution in [0.1, 0.15) is 25.6 Å². The van der Waals surface area contributed by atoms with Crippen molar-refractivity contribution in [3.05, 3.63) is 27.8 Å². The summed E-state index contributed by atoms with van der Waals surface area (Å²) in [6.07, 6.45) is -0.544. The van der Waals surface area contributed by atoms with E-state index in [1.54, 1.807) is 6.07 Å². The number of halogens is 1. The summed E-state index contributed by atoms with van der Waals surface area (Å²) in [5.74, 6) is 0. The van der Waals surface area contributed by atoms with Crippen molar-refractivity contribution < 1.29 is 5.11 Å². The van der Waals surface area contributed by atoms with Gasteiger partial charge in [0, 0.05) is 12.0 Å². The van der Waals surface area contributed by atoms with Gasteiger partial charge in [0.25, 0.3) is 0 Å². The van der Waals surface area contributed by atoms with Crippen molar-refractivity contribution >= 4 is 21.6 Å². The van der Waals surface area contributed by atoms with Crippen molar-refractivity contribution in [2.24, 2.45) is 5.41 Å². The molecule has 0 fully saturated rings. The topological polar surface area (TPSA) is 29.5 Å². The highest BCUT2D eigenvalue weighted by Crippen LogP contribution is 2.48. The third kappa shape index (κ3) is 1.13. The Labute approximate surface area is 91.3 Å². The van der Waals surface area contributed by atoms with Crippen molar-refractivity contribution in [1.29, 1.82) is 0 Å². The molecule has 14 heavy (non-hydrogen) atoms. The molecule has 0 bridgehead atoms. The van der Waals surface area contributed by atoms with Crippen LogP contribution >= 0.6 is 15.9 Å². The third-order valence-electron chi connectivity index (χ3n) is 2.75. The quantitative estimate of drug-likeness (QED) is 0.709. The van der Waals surface area contributed by atoms with Gasteiger partial charge in [0.2, 0.25) is 5.69 Å². The second-order valence-corrected chi connectivity index (χ2v) is 5.14. The Morgan fingerprint density at radius 3 is 2.93 bits per heavy atom. The van der Waals surface area contributed by atoms with E-state index < -0.39 is 6.10 Å². The number of nitrogens with zero attached hydrogens (tertiary/aromatic N) is 2. The zero-order chi connectivity index (χ0) is 10.5. The smallest absolute Gasteiger partial charge is 0.211 e. The standard InChI is InChI=1S/C10H11BrN2O/c1-10(2)5-13-7(11)4-6(12-3)8(13)9(10)14/h4,9,14H,5H2,1-2H3. The Bertz CT molecular complexity index is 428. The first-order valence-corrected chi connectivity index (χ1v) is 5.21. The molecule has 1 aliphatic heterocycles. The maximum absolute atomic E-state index is 10.0. The van der Waals surface area contributed by atoms with Crippen molar-refractivity contribution in [3.8, 4) is 0 Å². The number of fused-ring (bicyclic) bond motifs is 1. The van der Waals surface area contributed by atoms with E-state index >= 15 is 0 Å². The zero-order valence-corrected chi connectivity index (χ0v) is 9.67. The molecule has 1 aliphatic rings. The minimum absolute atomic E-state index is 0.182. The summed E-state index contributed by atoms with van der Waals surface area (Å²) in [7, 11) is 0. The molecule has 2 heterocycles. The fourth-order valence-electron chi connectivity index (χ4n) is 1.92. The molecule has 0 saturated carbocycles. The number of aliphatic hydroxyl groups is 1. The fourth-order valence-corrected chi connectivity index (χ4v) is 2.45. The molecule has 74 valence electrons. The molecule has 1 aromatic heterocycles. The maximum Gasteiger partial charge on any atom is 0.211 e. The molecule has 0 amide bonds. The molecule has 0 saturated heterocycles. The molecule has 1 N–H and O–H groups in total. The molecule has 2 rings (SSSR count). The van der Waals surface area contributed by atoms with Gasteiger partial charge in [-0.1, -0.05) is 13.8 Å². The molecule has 0 spiro atoms. The molecule has 1 unspecified atom stereocenters. The summed E-state index contributed by atoms with van der Waals surface area (Å²) in [5, 5.41) is 10.0. The Kier molecular flexibility index (Phi) is 1.98. The predicted molar refractivity (Wildman–Crippen MR) is 57.1 cm³/mol. The second kappa shape index (κ2) is 2.85. The van der Waals surface area contributed by atoms with Gasteiger partial charge >= 0.3 is 0 Å². The number of hydrogen-bond donors (Lipinski definition) is 1. The van der Waals surface area contributed by atoms with Crippen molar-refractivity contribution in [1.82, 2.24) is 4.57 Å². The van der Waals surface area contributed by atoms with E-state index in [1.807, 2.05) is 18.4 Å². The average molecular weight is 255 g/mol. The van der Waals surface area contributed by atoms with Crippen LogP contribution in [0, 0.1) is 12.0 Å². The molecule has 0 aliphatic carbocycles. The van der Waals surface area contributed by atoms with Gasteiger partial charge in [-0.2, -0.15) is 0 Å². The summed E-state index contributed by atoms with van der Waals surface area (Å²) < 4.78 is 2.85. The largest absolute Gasteiger partial charge is 0.388 e. The van der Waals surface area contributed by atoms with Gasteiger partial charge in [-0.3, -0.25) is 0 Å². The lowest BCUT2D eigenvalue weighted by atomic mass is 9.88. The Morgan fingerprint density at radius 1 is 1.71 bits per heavy atom. The first-order valence-electron chi connectivity index (χ1n) is 4.42. The van der Waals surface area contributed by atoms with Gasteiger partial charge in [0.05, 0.1) is 23.0 Å². The van der Waals surface area contributed by atoms with E-state index in [9.17, 15) is 5.11 Å². The minimum Gasteiger partial charge on any atom is -0.388 e. The lowest BCUT2D eigenvalue weighted by Gasteiger charge is -2.21. The van der Waals surface area contributed by atoms with Gasteiger partial charge < -0.3 is 9.67 Å². The summed E-state index contributed by atoms with van der Waals surface area (Å²) in [6.45, 7) is 11.8. The SMILES string of the molecule is [C-]#[N+]c1cc(Br)n2c1C(O)C(C)(C)C2. The highest BCUT2D eigenvalue weighted by molar-refractivity contribution is 9.10. The van der Waals surface area contributed by atoms with Crippen LogP contribution in [0.4, 0.5) is 5.69 Å². The first-order chi connectivity index (χ1) is 6.47. The van der Waals surface area contributed by atoms with Crippen LogP contribution in [0.25, 0.3) is 4.85 Å².